The third-order valence-corrected chi connectivity index (χ3v) is 17.5. The van der Waals surface area contributed by atoms with Gasteiger partial charge in [0.15, 0.2) is 0 Å². The molecule has 484 valence electrons. The lowest BCUT2D eigenvalue weighted by atomic mass is 10.0. The highest BCUT2D eigenvalue weighted by Gasteiger charge is 2.84. The standard InChI is InChI=1S/C50H80F12N6O11S4/c51-45(52,37-67-41(75)63(21-17-33-80-29-13-5-1-9-25-69)39(73)64(42(67)76)22-18-34-81-30-14-6-2-10-26-70)47(55,56)48(57,58)50(61,62)79-49(59,60)46(53,54)38-68-43(77)65(23-19-35-82-31-15-7-3-11-27-71)40(74)66(44(68)78)24-20-36-83-32-16-8-4-12-28-72/h69-72H,1-38H2. The molecule has 0 aromatic carbocycles. The molecule has 0 aliphatic carbocycles. The third kappa shape index (κ3) is 23.7. The molecule has 0 saturated carbocycles. The lowest BCUT2D eigenvalue weighted by Gasteiger charge is -2.38. The first kappa shape index (κ1) is 76.3. The van der Waals surface area contributed by atoms with Crippen LogP contribution in [0.2, 0.25) is 0 Å². The maximum absolute atomic E-state index is 15.7. The molecule has 2 heterocycles. The summed E-state index contributed by atoms with van der Waals surface area (Å²) >= 11 is 5.28. The van der Waals surface area contributed by atoms with Crippen LogP contribution in [-0.2, 0) is 44.0 Å². The summed E-state index contributed by atoms with van der Waals surface area (Å²) in [7, 11) is 0. The van der Waals surface area contributed by atoms with Crippen LogP contribution in [0.15, 0.2) is 28.8 Å². The van der Waals surface area contributed by atoms with E-state index in [0.29, 0.717) is 74.4 Å². The van der Waals surface area contributed by atoms with Crippen LogP contribution in [0.5, 0.6) is 0 Å². The van der Waals surface area contributed by atoms with Gasteiger partial charge in [-0.25, -0.2) is 60.9 Å². The van der Waals surface area contributed by atoms with Crippen LogP contribution in [0, 0.1) is 0 Å². The zero-order chi connectivity index (χ0) is 62.3. The van der Waals surface area contributed by atoms with Crippen LogP contribution in [0.1, 0.15) is 128 Å². The second-order valence-corrected chi connectivity index (χ2v) is 24.5. The van der Waals surface area contributed by atoms with E-state index in [4.69, 9.17) is 20.4 Å². The predicted molar refractivity (Wildman–Crippen MR) is 299 cm³/mol. The monoisotopic (exact) mass is 1300 g/mol. The average molecular weight is 1300 g/mol. The molecular weight excluding hydrogens is 1220 g/mol. The second-order valence-electron chi connectivity index (χ2n) is 19.6. The van der Waals surface area contributed by atoms with E-state index in [1.54, 1.807) is 0 Å². The molecule has 0 atom stereocenters. The van der Waals surface area contributed by atoms with Crippen LogP contribution >= 0.6 is 47.0 Å². The van der Waals surface area contributed by atoms with E-state index in [1.165, 1.54) is 47.0 Å². The van der Waals surface area contributed by atoms with E-state index in [-0.39, 0.29) is 93.4 Å². The number of nitrogens with zero attached hydrogens (tertiary/aromatic N) is 6. The number of halogens is 12. The van der Waals surface area contributed by atoms with Gasteiger partial charge < -0.3 is 20.4 Å². The molecule has 0 unspecified atom stereocenters. The Bertz CT molecular complexity index is 2430. The number of unbranched alkanes of at least 4 members (excludes halogenated alkanes) is 12. The van der Waals surface area contributed by atoms with E-state index in [9.17, 15) is 28.8 Å². The van der Waals surface area contributed by atoms with Crippen LogP contribution < -0.4 is 34.1 Å². The van der Waals surface area contributed by atoms with Crippen molar-refractivity contribution < 1.29 is 77.8 Å². The first-order chi connectivity index (χ1) is 39.2. The zero-order valence-electron chi connectivity index (χ0n) is 46.4. The van der Waals surface area contributed by atoms with Crippen molar-refractivity contribution in [3.63, 3.8) is 0 Å². The molecule has 2 aromatic heterocycles. The van der Waals surface area contributed by atoms with Gasteiger partial charge in [-0.05, 0) is 123 Å². The van der Waals surface area contributed by atoms with Crippen LogP contribution in [0.3, 0.4) is 0 Å². The molecule has 0 radical (unpaired) electrons. The summed E-state index contributed by atoms with van der Waals surface area (Å²) in [5, 5.41) is 35.8. The summed E-state index contributed by atoms with van der Waals surface area (Å²) in [6.07, 6.45) is -4.21. The maximum atomic E-state index is 15.7. The fourth-order valence-electron chi connectivity index (χ4n) is 8.09. The molecule has 33 heteroatoms. The van der Waals surface area contributed by atoms with Crippen molar-refractivity contribution in [2.24, 2.45) is 0 Å². The van der Waals surface area contributed by atoms with Gasteiger partial charge in [0.25, 0.3) is 0 Å². The minimum Gasteiger partial charge on any atom is -0.396 e. The lowest BCUT2D eigenvalue weighted by molar-refractivity contribution is -0.497. The number of rotatable bonds is 50. The molecule has 4 N–H and O–H groups in total. The number of ether oxygens (including phenoxy) is 1. The van der Waals surface area contributed by atoms with Gasteiger partial charge in [-0.3, -0.25) is 0 Å². The molecule has 0 bridgehead atoms. The summed E-state index contributed by atoms with van der Waals surface area (Å²) < 4.78 is 187. The zero-order valence-corrected chi connectivity index (χ0v) is 49.6. The lowest BCUT2D eigenvalue weighted by Crippen LogP contribution is -2.67. The van der Waals surface area contributed by atoms with Gasteiger partial charge in [-0.1, -0.05) is 51.4 Å². The molecule has 0 saturated heterocycles. The normalized spacial score (nSPS) is 13.0. The van der Waals surface area contributed by atoms with Crippen LogP contribution in [0.25, 0.3) is 0 Å². The first-order valence-electron chi connectivity index (χ1n) is 27.8. The van der Waals surface area contributed by atoms with Crippen molar-refractivity contribution >= 4 is 47.0 Å². The number of alkyl halides is 12. The highest BCUT2D eigenvalue weighted by Crippen LogP contribution is 2.55. The number of aliphatic hydroxyl groups is 4. The number of hydrogen-bond acceptors (Lipinski definition) is 15. The minimum absolute atomic E-state index is 0.00256. The van der Waals surface area contributed by atoms with Gasteiger partial charge >= 0.3 is 70.0 Å². The van der Waals surface area contributed by atoms with Crippen molar-refractivity contribution in [2.75, 3.05) is 72.5 Å². The fraction of sp³-hybridized carbons (Fsp3) is 0.880. The molecule has 0 aliphatic heterocycles. The van der Waals surface area contributed by atoms with Crippen LogP contribution in [0.4, 0.5) is 52.7 Å². The molecule has 0 fully saturated rings. The molecule has 17 nitrogen and oxygen atoms in total. The highest BCUT2D eigenvalue weighted by atomic mass is 32.2. The highest BCUT2D eigenvalue weighted by molar-refractivity contribution is 7.99. The number of aliphatic hydroxyl groups excluding tert-OH is 4. The SMILES string of the molecule is O=c1n(CCCSCCCCCCO)c(=O)n(CC(F)(F)C(F)(F)OC(F)(F)C(F)(F)C(F)(F)C(F)(F)Cn2c(=O)n(CCCSCCCCCCO)c(=O)n(CCCSCCCCCCO)c2=O)c(=O)n1CCCSCCCCCCO. The number of hydrogen-bond donors (Lipinski definition) is 4. The third-order valence-electron chi connectivity index (χ3n) is 12.9. The van der Waals surface area contributed by atoms with Crippen molar-refractivity contribution in [1.82, 2.24) is 27.4 Å². The summed E-state index contributed by atoms with van der Waals surface area (Å²) in [5.74, 6) is -25.7. The molecular formula is C50H80F12N6O11S4. The van der Waals surface area contributed by atoms with Crippen molar-refractivity contribution in [3.8, 4) is 0 Å². The van der Waals surface area contributed by atoms with E-state index >= 15 is 52.7 Å². The van der Waals surface area contributed by atoms with Gasteiger partial charge in [-0.15, -0.1) is 0 Å². The Balaban J connectivity index is 2.51. The molecule has 0 aliphatic rings. The maximum Gasteiger partial charge on any atom is 0.430 e. The topological polar surface area (TPSA) is 222 Å². The van der Waals surface area contributed by atoms with Gasteiger partial charge in [0.05, 0.1) is 0 Å². The first-order valence-corrected chi connectivity index (χ1v) is 32.4. The molecule has 0 amide bonds. The Labute approximate surface area is 489 Å². The van der Waals surface area contributed by atoms with Gasteiger partial charge in [-0.2, -0.15) is 99.7 Å². The Morgan fingerprint density at radius 2 is 0.518 bits per heavy atom. The predicted octanol–water partition coefficient (Wildman–Crippen LogP) is 7.80. The second kappa shape index (κ2) is 38.5. The number of aromatic nitrogens is 6. The largest absolute Gasteiger partial charge is 0.430 e. The van der Waals surface area contributed by atoms with Crippen molar-refractivity contribution in [3.05, 3.63) is 62.9 Å². The van der Waals surface area contributed by atoms with E-state index < -0.39 is 118 Å². The number of thioether (sulfide) groups is 4. The smallest absolute Gasteiger partial charge is 0.396 e. The fourth-order valence-corrected chi connectivity index (χ4v) is 11.9. The van der Waals surface area contributed by atoms with E-state index in [0.717, 1.165) is 51.4 Å². The molecule has 2 aromatic rings. The van der Waals surface area contributed by atoms with Crippen molar-refractivity contribution in [2.45, 2.75) is 204 Å². The van der Waals surface area contributed by atoms with E-state index in [2.05, 4.69) is 4.74 Å². The molecule has 2 rings (SSSR count). The van der Waals surface area contributed by atoms with Gasteiger partial charge in [0, 0.05) is 52.6 Å². The van der Waals surface area contributed by atoms with Crippen molar-refractivity contribution in [1.29, 1.82) is 0 Å². The van der Waals surface area contributed by atoms with E-state index in [1.807, 2.05) is 0 Å². The Kier molecular flexibility index (Phi) is 35.3. The molecule has 0 spiro atoms. The summed E-state index contributed by atoms with van der Waals surface area (Å²) in [6, 6.07) is 0. The minimum atomic E-state index is -7.92. The van der Waals surface area contributed by atoms with Crippen LogP contribution in [-0.4, -0.2) is 156 Å². The van der Waals surface area contributed by atoms with Gasteiger partial charge in [0.1, 0.15) is 13.1 Å². The summed E-state index contributed by atoms with van der Waals surface area (Å²) in [5.41, 5.74) is -11.0. The quantitative estimate of drug-likeness (QED) is 0.0367. The summed E-state index contributed by atoms with van der Waals surface area (Å²) in [6.45, 7) is -8.79. The Morgan fingerprint density at radius 1 is 0.289 bits per heavy atom. The average Bonchev–Trinajstić information content (AvgIpc) is 3.29. The Morgan fingerprint density at radius 3 is 0.783 bits per heavy atom. The van der Waals surface area contributed by atoms with Gasteiger partial charge in [0.2, 0.25) is 0 Å². The molecule has 83 heavy (non-hydrogen) atoms. The Hall–Kier alpha value is -2.82. The summed E-state index contributed by atoms with van der Waals surface area (Å²) in [4.78, 5) is 80.8.